The fourth-order valence-electron chi connectivity index (χ4n) is 5.77. The molecule has 5 heteroatoms. The van der Waals surface area contributed by atoms with E-state index in [2.05, 4.69) is 0 Å². The van der Waals surface area contributed by atoms with Crippen molar-refractivity contribution in [2.45, 2.75) is 24.8 Å². The maximum Gasteiger partial charge on any atom is 0.311 e. The van der Waals surface area contributed by atoms with Gasteiger partial charge in [-0.3, -0.25) is 9.59 Å². The Kier molecular flexibility index (Phi) is 5.63. The van der Waals surface area contributed by atoms with Gasteiger partial charge in [0.1, 0.15) is 5.75 Å². The number of hydrogen-bond donors (Lipinski definition) is 1. The van der Waals surface area contributed by atoms with Crippen LogP contribution < -0.4 is 4.74 Å². The zero-order chi connectivity index (χ0) is 22.9. The van der Waals surface area contributed by atoms with Crippen molar-refractivity contribution in [1.29, 1.82) is 0 Å². The van der Waals surface area contributed by atoms with Gasteiger partial charge < -0.3 is 14.7 Å². The van der Waals surface area contributed by atoms with Crippen LogP contribution in [-0.2, 0) is 17.6 Å². The summed E-state index contributed by atoms with van der Waals surface area (Å²) in [4.78, 5) is 28.2. The first-order valence-electron chi connectivity index (χ1n) is 11.4. The first-order chi connectivity index (χ1) is 16.1. The van der Waals surface area contributed by atoms with Crippen molar-refractivity contribution in [3.8, 4) is 5.75 Å². The van der Waals surface area contributed by atoms with Crippen molar-refractivity contribution in [3.05, 3.63) is 101 Å². The molecule has 33 heavy (non-hydrogen) atoms. The topological polar surface area (TPSA) is 66.8 Å². The largest absolute Gasteiger partial charge is 0.497 e. The number of aliphatic carboxylic acids is 1. The number of ether oxygens (including phenoxy) is 1. The van der Waals surface area contributed by atoms with Crippen molar-refractivity contribution in [2.24, 2.45) is 11.8 Å². The van der Waals surface area contributed by atoms with Crippen LogP contribution in [0.4, 0.5) is 0 Å². The van der Waals surface area contributed by atoms with E-state index in [-0.39, 0.29) is 23.8 Å². The summed E-state index contributed by atoms with van der Waals surface area (Å²) < 4.78 is 5.40. The average Bonchev–Trinajstić information content (AvgIpc) is 3.20. The highest BCUT2D eigenvalue weighted by Crippen LogP contribution is 2.49. The first kappa shape index (κ1) is 21.3. The third-order valence-corrected chi connectivity index (χ3v) is 7.21. The minimum atomic E-state index is -0.841. The van der Waals surface area contributed by atoms with E-state index in [0.717, 1.165) is 23.1 Å². The fourth-order valence-corrected chi connectivity index (χ4v) is 5.77. The van der Waals surface area contributed by atoms with Crippen molar-refractivity contribution >= 4 is 11.9 Å². The zero-order valence-corrected chi connectivity index (χ0v) is 18.6. The van der Waals surface area contributed by atoms with Crippen LogP contribution in [0.25, 0.3) is 0 Å². The Morgan fingerprint density at radius 3 is 2.36 bits per heavy atom. The normalized spacial score (nSPS) is 23.5. The molecule has 4 atom stereocenters. The van der Waals surface area contributed by atoms with E-state index >= 15 is 0 Å². The van der Waals surface area contributed by atoms with Gasteiger partial charge in [0.25, 0.3) is 5.91 Å². The molecule has 0 bridgehead atoms. The van der Waals surface area contributed by atoms with Gasteiger partial charge in [-0.2, -0.15) is 0 Å². The number of amides is 1. The lowest BCUT2D eigenvalue weighted by Gasteiger charge is -2.36. The summed E-state index contributed by atoms with van der Waals surface area (Å²) in [7, 11) is 1.59. The number of rotatable bonds is 5. The minimum Gasteiger partial charge on any atom is -0.497 e. The number of carbonyl (C=O) groups is 2. The molecular formula is C28H27NO4. The Bertz CT molecular complexity index is 1160. The molecule has 3 aromatic carbocycles. The predicted molar refractivity (Wildman–Crippen MR) is 125 cm³/mol. The van der Waals surface area contributed by atoms with E-state index in [4.69, 9.17) is 4.74 Å². The van der Waals surface area contributed by atoms with Crippen molar-refractivity contribution in [3.63, 3.8) is 0 Å². The second kappa shape index (κ2) is 8.74. The molecule has 0 spiro atoms. The third kappa shape index (κ3) is 3.88. The fraction of sp³-hybridized carbons (Fsp3) is 0.286. The summed E-state index contributed by atoms with van der Waals surface area (Å²) in [5, 5.41) is 10.4. The van der Waals surface area contributed by atoms with Gasteiger partial charge in [-0.15, -0.1) is 0 Å². The second-order valence-corrected chi connectivity index (χ2v) is 9.00. The standard InChI is InChI=1S/C28H27NO4/c1-33-22-13-12-20-15-21-17-29(27(30)19-10-6-3-7-11-19)24(14-18-8-4-2-5-9-18)25(21)26(28(31)32)23(20)16-22/h2-13,16,21,24-26H,14-15,17H2,1H3,(H,31,32)/t21-,24-,25-,26+/m0/s1. The van der Waals surface area contributed by atoms with Crippen LogP contribution >= 0.6 is 0 Å². The molecule has 0 radical (unpaired) electrons. The molecule has 0 aromatic heterocycles. The third-order valence-electron chi connectivity index (χ3n) is 7.21. The monoisotopic (exact) mass is 441 g/mol. The summed E-state index contributed by atoms with van der Waals surface area (Å²) >= 11 is 0. The van der Waals surface area contributed by atoms with E-state index in [9.17, 15) is 14.7 Å². The summed E-state index contributed by atoms with van der Waals surface area (Å²) in [6.45, 7) is 0.561. The summed E-state index contributed by atoms with van der Waals surface area (Å²) in [5.41, 5.74) is 3.60. The highest BCUT2D eigenvalue weighted by Gasteiger charge is 2.52. The SMILES string of the molecule is COc1ccc2c(c1)[C@@H](C(=O)O)[C@H]1[C@@H](C2)CN(C(=O)c2ccccc2)[C@H]1Cc1ccccc1. The number of carbonyl (C=O) groups excluding carboxylic acids is 1. The molecule has 1 heterocycles. The lowest BCUT2D eigenvalue weighted by atomic mass is 9.67. The molecule has 0 unspecified atom stereocenters. The van der Waals surface area contributed by atoms with E-state index in [0.29, 0.717) is 24.3 Å². The van der Waals surface area contributed by atoms with Crippen LogP contribution in [0.1, 0.15) is 33.0 Å². The molecule has 5 rings (SSSR count). The van der Waals surface area contributed by atoms with Crippen LogP contribution in [0.15, 0.2) is 78.9 Å². The second-order valence-electron chi connectivity index (χ2n) is 9.00. The van der Waals surface area contributed by atoms with Gasteiger partial charge in [-0.25, -0.2) is 0 Å². The molecular weight excluding hydrogens is 414 g/mol. The van der Waals surface area contributed by atoms with Crippen LogP contribution in [0.5, 0.6) is 5.75 Å². The number of carboxylic acid groups (broad SMARTS) is 1. The zero-order valence-electron chi connectivity index (χ0n) is 18.6. The van der Waals surface area contributed by atoms with E-state index in [1.54, 1.807) is 7.11 Å². The predicted octanol–water partition coefficient (Wildman–Crippen LogP) is 4.42. The Balaban J connectivity index is 1.58. The summed E-state index contributed by atoms with van der Waals surface area (Å²) in [5.74, 6) is -0.976. The molecule has 1 aliphatic heterocycles. The van der Waals surface area contributed by atoms with Crippen molar-refractivity contribution < 1.29 is 19.4 Å². The van der Waals surface area contributed by atoms with Gasteiger partial charge in [0, 0.05) is 24.1 Å². The summed E-state index contributed by atoms with van der Waals surface area (Å²) in [6.07, 6.45) is 1.39. The van der Waals surface area contributed by atoms with Crippen LogP contribution in [0.3, 0.4) is 0 Å². The van der Waals surface area contributed by atoms with E-state index in [1.807, 2.05) is 83.8 Å². The first-order valence-corrected chi connectivity index (χ1v) is 11.4. The molecule has 1 N–H and O–H groups in total. The highest BCUT2D eigenvalue weighted by atomic mass is 16.5. The number of methoxy groups -OCH3 is 1. The molecule has 3 aromatic rings. The molecule has 1 fully saturated rings. The minimum absolute atomic E-state index is 0.0308. The molecule has 1 saturated heterocycles. The van der Waals surface area contributed by atoms with Gasteiger partial charge in [0.2, 0.25) is 0 Å². The Labute approximate surface area is 193 Å². The number of carboxylic acids is 1. The quantitative estimate of drug-likeness (QED) is 0.637. The number of hydrogen-bond acceptors (Lipinski definition) is 3. The van der Waals surface area contributed by atoms with Crippen LogP contribution in [0, 0.1) is 11.8 Å². The van der Waals surface area contributed by atoms with Crippen molar-refractivity contribution in [2.75, 3.05) is 13.7 Å². The molecule has 0 saturated carbocycles. The number of likely N-dealkylation sites (tertiary alicyclic amines) is 1. The van der Waals surface area contributed by atoms with E-state index in [1.165, 1.54) is 0 Å². The Morgan fingerprint density at radius 1 is 1.00 bits per heavy atom. The number of nitrogens with zero attached hydrogens (tertiary/aromatic N) is 1. The molecule has 1 aliphatic carbocycles. The van der Waals surface area contributed by atoms with E-state index < -0.39 is 11.9 Å². The maximum atomic E-state index is 13.6. The number of fused-ring (bicyclic) bond motifs is 2. The molecule has 168 valence electrons. The van der Waals surface area contributed by atoms with Crippen LogP contribution in [0.2, 0.25) is 0 Å². The smallest absolute Gasteiger partial charge is 0.311 e. The van der Waals surface area contributed by atoms with Gasteiger partial charge in [0.15, 0.2) is 0 Å². The Morgan fingerprint density at radius 2 is 1.70 bits per heavy atom. The number of benzene rings is 3. The molecule has 2 aliphatic rings. The highest BCUT2D eigenvalue weighted by molar-refractivity contribution is 5.95. The lowest BCUT2D eigenvalue weighted by Crippen LogP contribution is -2.43. The molecule has 5 nitrogen and oxygen atoms in total. The lowest BCUT2D eigenvalue weighted by molar-refractivity contribution is -0.141. The van der Waals surface area contributed by atoms with Gasteiger partial charge >= 0.3 is 5.97 Å². The van der Waals surface area contributed by atoms with Gasteiger partial charge in [0.05, 0.1) is 13.0 Å². The van der Waals surface area contributed by atoms with Crippen molar-refractivity contribution in [1.82, 2.24) is 4.90 Å². The summed E-state index contributed by atoms with van der Waals surface area (Å²) in [6, 6.07) is 24.9. The maximum absolute atomic E-state index is 13.6. The van der Waals surface area contributed by atoms with Gasteiger partial charge in [-0.05, 0) is 59.7 Å². The Hall–Kier alpha value is -3.60. The van der Waals surface area contributed by atoms with Gasteiger partial charge in [-0.1, -0.05) is 54.6 Å². The molecule has 1 amide bonds. The average molecular weight is 442 g/mol. The van der Waals surface area contributed by atoms with Crippen LogP contribution in [-0.4, -0.2) is 41.6 Å².